The highest BCUT2D eigenvalue weighted by Crippen LogP contribution is 2.32. The molecule has 0 radical (unpaired) electrons. The summed E-state index contributed by atoms with van der Waals surface area (Å²) in [7, 11) is 0. The summed E-state index contributed by atoms with van der Waals surface area (Å²) in [6.07, 6.45) is 0. The Morgan fingerprint density at radius 2 is 1.81 bits per heavy atom. The molecule has 0 bridgehead atoms. The van der Waals surface area contributed by atoms with Crippen LogP contribution in [0.25, 0.3) is 0 Å². The van der Waals surface area contributed by atoms with Gasteiger partial charge in [0, 0.05) is 37.6 Å². The van der Waals surface area contributed by atoms with E-state index in [2.05, 4.69) is 11.0 Å². The number of hydrogen-bond donors (Lipinski definition) is 0. The molecule has 1 saturated heterocycles. The van der Waals surface area contributed by atoms with Crippen LogP contribution in [0.2, 0.25) is 0 Å². The first kappa shape index (κ1) is 18.1. The molecule has 4 rings (SSSR count). The summed E-state index contributed by atoms with van der Waals surface area (Å²) >= 11 is 1.26. The largest absolute Gasteiger partial charge is 0.454 e. The number of thioether (sulfide) groups is 1. The average Bonchev–Trinajstić information content (AvgIpc) is 3.15. The molecule has 0 aliphatic carbocycles. The van der Waals surface area contributed by atoms with Gasteiger partial charge < -0.3 is 14.4 Å². The number of benzene rings is 2. The van der Waals surface area contributed by atoms with E-state index in [1.165, 1.54) is 23.4 Å². The first-order valence-corrected chi connectivity index (χ1v) is 9.93. The molecule has 5 nitrogen and oxygen atoms in total. The van der Waals surface area contributed by atoms with Gasteiger partial charge in [0.05, 0.1) is 5.75 Å². The SMILES string of the molecule is O=C(CSc1ccccc1F)N1CCN(Cc2ccc3c(c2)OCO3)CC1. The minimum Gasteiger partial charge on any atom is -0.454 e. The van der Waals surface area contributed by atoms with Crippen LogP contribution in [-0.4, -0.2) is 54.4 Å². The van der Waals surface area contributed by atoms with Gasteiger partial charge in [0.1, 0.15) is 5.82 Å². The van der Waals surface area contributed by atoms with Crippen LogP contribution in [0.4, 0.5) is 4.39 Å². The van der Waals surface area contributed by atoms with Gasteiger partial charge in [0.25, 0.3) is 0 Å². The van der Waals surface area contributed by atoms with E-state index >= 15 is 0 Å². The molecule has 1 amide bonds. The number of piperazine rings is 1. The van der Waals surface area contributed by atoms with E-state index in [0.29, 0.717) is 18.0 Å². The predicted molar refractivity (Wildman–Crippen MR) is 102 cm³/mol. The fraction of sp³-hybridized carbons (Fsp3) is 0.350. The lowest BCUT2D eigenvalue weighted by Crippen LogP contribution is -2.48. The first-order valence-electron chi connectivity index (χ1n) is 8.95. The van der Waals surface area contributed by atoms with Crippen LogP contribution in [0, 0.1) is 5.82 Å². The summed E-state index contributed by atoms with van der Waals surface area (Å²) < 4.78 is 24.4. The summed E-state index contributed by atoms with van der Waals surface area (Å²) in [5.74, 6) is 1.64. The molecule has 2 aromatic rings. The lowest BCUT2D eigenvalue weighted by Gasteiger charge is -2.34. The second-order valence-electron chi connectivity index (χ2n) is 6.56. The van der Waals surface area contributed by atoms with E-state index in [4.69, 9.17) is 9.47 Å². The van der Waals surface area contributed by atoms with Crippen molar-refractivity contribution in [1.82, 2.24) is 9.80 Å². The quantitative estimate of drug-likeness (QED) is 0.737. The average molecular weight is 388 g/mol. The zero-order valence-corrected chi connectivity index (χ0v) is 15.7. The lowest BCUT2D eigenvalue weighted by molar-refractivity contribution is -0.130. The van der Waals surface area contributed by atoms with Gasteiger partial charge in [-0.25, -0.2) is 4.39 Å². The molecule has 2 aliphatic heterocycles. The van der Waals surface area contributed by atoms with Crippen molar-refractivity contribution in [2.75, 3.05) is 38.7 Å². The van der Waals surface area contributed by atoms with Crippen molar-refractivity contribution in [1.29, 1.82) is 0 Å². The zero-order chi connectivity index (χ0) is 18.6. The number of carbonyl (C=O) groups is 1. The van der Waals surface area contributed by atoms with Gasteiger partial charge in [-0.15, -0.1) is 11.8 Å². The van der Waals surface area contributed by atoms with E-state index in [-0.39, 0.29) is 24.3 Å². The smallest absolute Gasteiger partial charge is 0.233 e. The van der Waals surface area contributed by atoms with E-state index in [9.17, 15) is 9.18 Å². The Labute approximate surface area is 162 Å². The third-order valence-corrected chi connectivity index (χ3v) is 5.79. The van der Waals surface area contributed by atoms with Crippen LogP contribution in [0.1, 0.15) is 5.56 Å². The van der Waals surface area contributed by atoms with Gasteiger partial charge in [0.2, 0.25) is 12.7 Å². The van der Waals surface area contributed by atoms with Crippen molar-refractivity contribution in [3.05, 3.63) is 53.8 Å². The topological polar surface area (TPSA) is 42.0 Å². The van der Waals surface area contributed by atoms with Crippen LogP contribution in [0.15, 0.2) is 47.4 Å². The highest BCUT2D eigenvalue weighted by molar-refractivity contribution is 8.00. The van der Waals surface area contributed by atoms with Gasteiger partial charge in [-0.2, -0.15) is 0 Å². The van der Waals surface area contributed by atoms with Crippen molar-refractivity contribution < 1.29 is 18.7 Å². The molecule has 7 heteroatoms. The second-order valence-corrected chi connectivity index (χ2v) is 7.58. The van der Waals surface area contributed by atoms with Crippen molar-refractivity contribution >= 4 is 17.7 Å². The lowest BCUT2D eigenvalue weighted by atomic mass is 10.1. The minimum atomic E-state index is -0.274. The number of fused-ring (bicyclic) bond motifs is 1. The van der Waals surface area contributed by atoms with Crippen LogP contribution in [0.3, 0.4) is 0 Å². The molecular formula is C20H21FN2O3S. The van der Waals surface area contributed by atoms with Gasteiger partial charge in [-0.3, -0.25) is 9.69 Å². The molecule has 2 aliphatic rings. The summed E-state index contributed by atoms with van der Waals surface area (Å²) in [5.41, 5.74) is 1.18. The Balaban J connectivity index is 1.25. The second kappa shape index (κ2) is 8.19. The number of hydrogen-bond acceptors (Lipinski definition) is 5. The standard InChI is InChI=1S/C20H21FN2O3S/c21-16-3-1-2-4-19(16)27-13-20(24)23-9-7-22(8-10-23)12-15-5-6-17-18(11-15)26-14-25-17/h1-6,11H,7-10,12-14H2. The molecule has 142 valence electrons. The third kappa shape index (κ3) is 4.36. The number of halogens is 1. The number of amides is 1. The molecular weight excluding hydrogens is 367 g/mol. The maximum absolute atomic E-state index is 13.7. The molecule has 1 fully saturated rings. The van der Waals surface area contributed by atoms with Crippen molar-refractivity contribution in [3.63, 3.8) is 0 Å². The van der Waals surface area contributed by atoms with Crippen LogP contribution in [0.5, 0.6) is 11.5 Å². The number of carbonyl (C=O) groups excluding carboxylic acids is 1. The third-order valence-electron chi connectivity index (χ3n) is 4.76. The Morgan fingerprint density at radius 3 is 2.63 bits per heavy atom. The van der Waals surface area contributed by atoms with Crippen LogP contribution >= 0.6 is 11.8 Å². The van der Waals surface area contributed by atoms with Crippen molar-refractivity contribution in [2.24, 2.45) is 0 Å². The van der Waals surface area contributed by atoms with E-state index in [0.717, 1.165) is 31.1 Å². The highest BCUT2D eigenvalue weighted by Gasteiger charge is 2.22. The molecule has 0 aromatic heterocycles. The Hall–Kier alpha value is -2.25. The first-order chi connectivity index (χ1) is 13.2. The molecule has 0 unspecified atom stereocenters. The monoisotopic (exact) mass is 388 g/mol. The maximum Gasteiger partial charge on any atom is 0.233 e. The molecule has 27 heavy (non-hydrogen) atoms. The normalized spacial score (nSPS) is 16.6. The van der Waals surface area contributed by atoms with Gasteiger partial charge in [0.15, 0.2) is 11.5 Å². The predicted octanol–water partition coefficient (Wildman–Crippen LogP) is 2.99. The fourth-order valence-corrected chi connectivity index (χ4v) is 4.09. The zero-order valence-electron chi connectivity index (χ0n) is 14.9. The molecule has 2 aromatic carbocycles. The Morgan fingerprint density at radius 1 is 1.04 bits per heavy atom. The molecule has 2 heterocycles. The summed E-state index contributed by atoms with van der Waals surface area (Å²) in [4.78, 5) is 17.1. The highest BCUT2D eigenvalue weighted by atomic mass is 32.2. The van der Waals surface area contributed by atoms with E-state index in [1.807, 2.05) is 17.0 Å². The molecule has 0 atom stereocenters. The summed E-state index contributed by atoms with van der Waals surface area (Å²) in [5, 5.41) is 0. The fourth-order valence-electron chi connectivity index (χ4n) is 3.25. The number of nitrogens with zero attached hydrogens (tertiary/aromatic N) is 2. The Kier molecular flexibility index (Phi) is 5.50. The molecule has 0 spiro atoms. The van der Waals surface area contributed by atoms with Crippen LogP contribution < -0.4 is 9.47 Å². The van der Waals surface area contributed by atoms with Crippen molar-refractivity contribution in [3.8, 4) is 11.5 Å². The van der Waals surface area contributed by atoms with Crippen LogP contribution in [-0.2, 0) is 11.3 Å². The number of rotatable bonds is 5. The maximum atomic E-state index is 13.7. The summed E-state index contributed by atoms with van der Waals surface area (Å²) in [6, 6.07) is 12.6. The Bertz CT molecular complexity index is 825. The van der Waals surface area contributed by atoms with Gasteiger partial charge in [-0.05, 0) is 29.8 Å². The van der Waals surface area contributed by atoms with E-state index in [1.54, 1.807) is 18.2 Å². The van der Waals surface area contributed by atoms with Gasteiger partial charge >= 0.3 is 0 Å². The minimum absolute atomic E-state index is 0.0611. The van der Waals surface area contributed by atoms with Gasteiger partial charge in [-0.1, -0.05) is 18.2 Å². The molecule has 0 saturated carbocycles. The number of ether oxygens (including phenoxy) is 2. The molecule has 0 N–H and O–H groups in total. The summed E-state index contributed by atoms with van der Waals surface area (Å²) in [6.45, 7) is 4.14. The van der Waals surface area contributed by atoms with Crippen molar-refractivity contribution in [2.45, 2.75) is 11.4 Å². The van der Waals surface area contributed by atoms with E-state index < -0.39 is 0 Å².